The Bertz CT molecular complexity index is 1480. The second-order valence-electron chi connectivity index (χ2n) is 8.64. The van der Waals surface area contributed by atoms with Gasteiger partial charge in [0.1, 0.15) is 5.52 Å². The number of hydrogen-bond donors (Lipinski definition) is 1. The molecule has 0 saturated heterocycles. The Kier molecular flexibility index (Phi) is 6.66. The Hall–Kier alpha value is -4.59. The first-order valence-electron chi connectivity index (χ1n) is 11.8. The minimum absolute atomic E-state index is 0.133. The highest BCUT2D eigenvalue weighted by atomic mass is 16.5. The summed E-state index contributed by atoms with van der Waals surface area (Å²) in [6.07, 6.45) is 7.02. The van der Waals surface area contributed by atoms with Crippen molar-refractivity contribution in [3.8, 4) is 22.5 Å². The van der Waals surface area contributed by atoms with Crippen LogP contribution in [0.2, 0.25) is 0 Å². The summed E-state index contributed by atoms with van der Waals surface area (Å²) in [5, 5.41) is 8.22. The topological polar surface area (TPSA) is 94.3 Å². The first-order valence-corrected chi connectivity index (χ1v) is 11.8. The number of anilines is 1. The predicted molar refractivity (Wildman–Crippen MR) is 138 cm³/mol. The van der Waals surface area contributed by atoms with E-state index >= 15 is 0 Å². The fourth-order valence-corrected chi connectivity index (χ4v) is 3.98. The lowest BCUT2D eigenvalue weighted by Gasteiger charge is -2.12. The lowest BCUT2D eigenvalue weighted by atomic mass is 10.1. The van der Waals surface area contributed by atoms with Gasteiger partial charge in [0.25, 0.3) is 0 Å². The summed E-state index contributed by atoms with van der Waals surface area (Å²) in [5.41, 5.74) is 5.31. The minimum Gasteiger partial charge on any atom is -0.463 e. The van der Waals surface area contributed by atoms with Crippen molar-refractivity contribution < 1.29 is 9.53 Å². The Morgan fingerprint density at radius 1 is 1.03 bits per heavy atom. The van der Waals surface area contributed by atoms with Gasteiger partial charge in [-0.1, -0.05) is 36.4 Å². The van der Waals surface area contributed by atoms with Gasteiger partial charge in [-0.2, -0.15) is 0 Å². The van der Waals surface area contributed by atoms with Gasteiger partial charge in [0.05, 0.1) is 24.8 Å². The maximum atomic E-state index is 12.2. The monoisotopic (exact) mass is 478 g/mol. The first kappa shape index (κ1) is 23.2. The average Bonchev–Trinajstić information content (AvgIpc) is 3.32. The molecule has 5 rings (SSSR count). The van der Waals surface area contributed by atoms with E-state index in [4.69, 9.17) is 14.8 Å². The SMILES string of the molecule is CC(C)OC(=O)Cc1cncc(-c2nc(NCc3ccccn3)c3c(-c4ccccc4)ccn3n2)c1. The summed E-state index contributed by atoms with van der Waals surface area (Å²) < 4.78 is 7.10. The third-order valence-electron chi connectivity index (χ3n) is 5.53. The van der Waals surface area contributed by atoms with Gasteiger partial charge in [0.15, 0.2) is 11.6 Å². The highest BCUT2D eigenvalue weighted by Gasteiger charge is 2.16. The summed E-state index contributed by atoms with van der Waals surface area (Å²) in [7, 11) is 0. The van der Waals surface area contributed by atoms with Crippen LogP contribution in [0.5, 0.6) is 0 Å². The molecule has 36 heavy (non-hydrogen) atoms. The van der Waals surface area contributed by atoms with Gasteiger partial charge in [0.2, 0.25) is 0 Å². The van der Waals surface area contributed by atoms with Crippen molar-refractivity contribution in [1.82, 2.24) is 24.6 Å². The number of rotatable bonds is 8. The normalized spacial score (nSPS) is 11.1. The molecule has 0 unspecified atom stereocenters. The molecule has 180 valence electrons. The van der Waals surface area contributed by atoms with Crippen LogP contribution in [-0.4, -0.2) is 36.6 Å². The van der Waals surface area contributed by atoms with Crippen LogP contribution in [0.1, 0.15) is 25.1 Å². The molecule has 0 radical (unpaired) electrons. The Balaban J connectivity index is 1.54. The molecule has 4 heterocycles. The van der Waals surface area contributed by atoms with Crippen molar-refractivity contribution in [2.45, 2.75) is 32.9 Å². The van der Waals surface area contributed by atoms with Crippen LogP contribution in [-0.2, 0) is 22.5 Å². The first-order chi connectivity index (χ1) is 17.6. The fraction of sp³-hybridized carbons (Fsp3) is 0.179. The second-order valence-corrected chi connectivity index (χ2v) is 8.64. The highest BCUT2D eigenvalue weighted by molar-refractivity contribution is 5.89. The van der Waals surface area contributed by atoms with Gasteiger partial charge in [-0.15, -0.1) is 5.10 Å². The molecule has 8 heteroatoms. The molecular formula is C28H26N6O2. The predicted octanol–water partition coefficient (Wildman–Crippen LogP) is 4.96. The van der Waals surface area contributed by atoms with Crippen LogP contribution in [0.3, 0.4) is 0 Å². The van der Waals surface area contributed by atoms with Crippen molar-refractivity contribution in [2.75, 3.05) is 5.32 Å². The molecule has 5 aromatic rings. The van der Waals surface area contributed by atoms with Gasteiger partial charge in [0, 0.05) is 35.9 Å². The number of ether oxygens (including phenoxy) is 1. The molecule has 0 amide bonds. The molecule has 1 N–H and O–H groups in total. The van der Waals surface area contributed by atoms with E-state index in [0.717, 1.165) is 27.9 Å². The number of benzene rings is 1. The molecule has 4 aromatic heterocycles. The van der Waals surface area contributed by atoms with Crippen molar-refractivity contribution in [3.63, 3.8) is 0 Å². The molecule has 0 fully saturated rings. The fourth-order valence-electron chi connectivity index (χ4n) is 3.98. The molecule has 0 bridgehead atoms. The lowest BCUT2D eigenvalue weighted by molar-refractivity contribution is -0.146. The second kappa shape index (κ2) is 10.4. The number of hydrogen-bond acceptors (Lipinski definition) is 7. The zero-order chi connectivity index (χ0) is 24.9. The summed E-state index contributed by atoms with van der Waals surface area (Å²) >= 11 is 0. The smallest absolute Gasteiger partial charge is 0.310 e. The average molecular weight is 479 g/mol. The molecule has 1 aromatic carbocycles. The van der Waals surface area contributed by atoms with Gasteiger partial charge in [-0.05, 0) is 49.2 Å². The van der Waals surface area contributed by atoms with Crippen molar-refractivity contribution in [2.24, 2.45) is 0 Å². The number of carbonyl (C=O) groups is 1. The van der Waals surface area contributed by atoms with Crippen LogP contribution in [0.25, 0.3) is 28.0 Å². The van der Waals surface area contributed by atoms with Crippen molar-refractivity contribution in [3.05, 3.63) is 96.7 Å². The quantitative estimate of drug-likeness (QED) is 0.315. The van der Waals surface area contributed by atoms with E-state index < -0.39 is 0 Å². The summed E-state index contributed by atoms with van der Waals surface area (Å²) in [5.74, 6) is 0.878. The third-order valence-corrected chi connectivity index (χ3v) is 5.53. The van der Waals surface area contributed by atoms with Crippen LogP contribution in [0.4, 0.5) is 5.82 Å². The molecule has 0 spiro atoms. The largest absolute Gasteiger partial charge is 0.463 e. The van der Waals surface area contributed by atoms with Crippen LogP contribution in [0.15, 0.2) is 85.5 Å². The van der Waals surface area contributed by atoms with Crippen LogP contribution < -0.4 is 5.32 Å². The van der Waals surface area contributed by atoms with E-state index in [1.54, 1.807) is 18.6 Å². The molecule has 0 aliphatic heterocycles. The van der Waals surface area contributed by atoms with Gasteiger partial charge < -0.3 is 10.1 Å². The maximum absolute atomic E-state index is 12.2. The summed E-state index contributed by atoms with van der Waals surface area (Å²) in [6.45, 7) is 4.16. The number of nitrogens with zero attached hydrogens (tertiary/aromatic N) is 5. The van der Waals surface area contributed by atoms with Gasteiger partial charge in [-0.25, -0.2) is 9.50 Å². The Morgan fingerprint density at radius 2 is 1.86 bits per heavy atom. The van der Waals surface area contributed by atoms with E-state index in [9.17, 15) is 4.79 Å². The molecule has 0 saturated carbocycles. The number of pyridine rings is 2. The summed E-state index contributed by atoms with van der Waals surface area (Å²) in [4.78, 5) is 25.8. The van der Waals surface area contributed by atoms with Crippen molar-refractivity contribution in [1.29, 1.82) is 0 Å². The highest BCUT2D eigenvalue weighted by Crippen LogP contribution is 2.31. The zero-order valence-corrected chi connectivity index (χ0v) is 20.1. The Morgan fingerprint density at radius 3 is 2.64 bits per heavy atom. The zero-order valence-electron chi connectivity index (χ0n) is 20.1. The number of nitrogens with one attached hydrogen (secondary N) is 1. The van der Waals surface area contributed by atoms with Crippen LogP contribution in [0, 0.1) is 0 Å². The van der Waals surface area contributed by atoms with E-state index in [-0.39, 0.29) is 18.5 Å². The molecule has 0 atom stereocenters. The van der Waals surface area contributed by atoms with Crippen molar-refractivity contribution >= 4 is 17.3 Å². The van der Waals surface area contributed by atoms with Gasteiger partial charge in [-0.3, -0.25) is 14.8 Å². The molecule has 0 aliphatic rings. The number of aromatic nitrogens is 5. The molecule has 8 nitrogen and oxygen atoms in total. The van der Waals surface area contributed by atoms with Crippen LogP contribution >= 0.6 is 0 Å². The number of carbonyl (C=O) groups excluding carboxylic acids is 1. The standard InChI is InChI=1S/C28H26N6O2/c1-19(2)36-25(35)15-20-14-22(17-29-16-20)27-32-28(31-18-23-10-6-7-12-30-23)26-24(11-13-34(26)33-27)21-8-4-3-5-9-21/h3-14,16-17,19H,15,18H2,1-2H3,(H,31,32,33). The Labute approximate surface area is 209 Å². The van der Waals surface area contributed by atoms with E-state index in [1.165, 1.54) is 0 Å². The molecular weight excluding hydrogens is 452 g/mol. The number of fused-ring (bicyclic) bond motifs is 1. The van der Waals surface area contributed by atoms with E-state index in [0.29, 0.717) is 23.8 Å². The summed E-state index contributed by atoms with van der Waals surface area (Å²) in [6, 6.07) is 19.9. The lowest BCUT2D eigenvalue weighted by Crippen LogP contribution is -2.13. The maximum Gasteiger partial charge on any atom is 0.310 e. The minimum atomic E-state index is -0.295. The van der Waals surface area contributed by atoms with E-state index in [2.05, 4.69) is 27.4 Å². The van der Waals surface area contributed by atoms with E-state index in [1.807, 2.05) is 73.1 Å². The number of esters is 1. The molecule has 0 aliphatic carbocycles. The van der Waals surface area contributed by atoms with Gasteiger partial charge >= 0.3 is 5.97 Å². The third kappa shape index (κ3) is 5.22.